The summed E-state index contributed by atoms with van der Waals surface area (Å²) in [6.45, 7) is 3.50. The highest BCUT2D eigenvalue weighted by atomic mass is 35.5. The van der Waals surface area contributed by atoms with E-state index in [1.807, 2.05) is 31.2 Å². The molecule has 0 amide bonds. The van der Waals surface area contributed by atoms with E-state index in [4.69, 9.17) is 21.1 Å². The van der Waals surface area contributed by atoms with E-state index in [1.54, 1.807) is 19.2 Å². The van der Waals surface area contributed by atoms with Crippen molar-refractivity contribution in [3.05, 3.63) is 47.1 Å². The fourth-order valence-corrected chi connectivity index (χ4v) is 1.88. The molecule has 0 aliphatic rings. The zero-order valence-electron chi connectivity index (χ0n) is 11.5. The Morgan fingerprint density at radius 2 is 1.90 bits per heavy atom. The minimum atomic E-state index is 0.492. The van der Waals surface area contributed by atoms with Gasteiger partial charge < -0.3 is 14.8 Å². The second-order valence-corrected chi connectivity index (χ2v) is 4.52. The molecule has 2 aromatic rings. The SMILES string of the molecule is CCNCc1nc(Oc2ccccc2OC)ccc1Cl. The van der Waals surface area contributed by atoms with Gasteiger partial charge in [0.15, 0.2) is 11.5 Å². The zero-order valence-corrected chi connectivity index (χ0v) is 12.3. The average Bonchev–Trinajstić information content (AvgIpc) is 2.48. The Bertz CT molecular complexity index is 576. The number of halogens is 1. The molecule has 0 aliphatic heterocycles. The van der Waals surface area contributed by atoms with E-state index in [2.05, 4.69) is 10.3 Å². The lowest BCUT2D eigenvalue weighted by molar-refractivity contribution is 0.373. The van der Waals surface area contributed by atoms with Gasteiger partial charge in [0.1, 0.15) is 0 Å². The molecule has 0 aliphatic carbocycles. The van der Waals surface area contributed by atoms with Crippen LogP contribution in [0.15, 0.2) is 36.4 Å². The van der Waals surface area contributed by atoms with Crippen molar-refractivity contribution in [1.82, 2.24) is 10.3 Å². The summed E-state index contributed by atoms with van der Waals surface area (Å²) in [6, 6.07) is 11.0. The van der Waals surface area contributed by atoms with Crippen LogP contribution in [0, 0.1) is 0 Å². The Balaban J connectivity index is 2.20. The van der Waals surface area contributed by atoms with E-state index >= 15 is 0 Å². The van der Waals surface area contributed by atoms with Gasteiger partial charge in [-0.05, 0) is 24.7 Å². The maximum atomic E-state index is 6.11. The van der Waals surface area contributed by atoms with Gasteiger partial charge in [-0.1, -0.05) is 30.7 Å². The first-order valence-corrected chi connectivity index (χ1v) is 6.79. The van der Waals surface area contributed by atoms with Crippen LogP contribution in [0.2, 0.25) is 5.02 Å². The molecule has 0 atom stereocenters. The second kappa shape index (κ2) is 7.12. The van der Waals surface area contributed by atoms with Crippen molar-refractivity contribution in [2.24, 2.45) is 0 Å². The first-order valence-electron chi connectivity index (χ1n) is 6.41. The van der Waals surface area contributed by atoms with E-state index < -0.39 is 0 Å². The summed E-state index contributed by atoms with van der Waals surface area (Å²) < 4.78 is 11.0. The van der Waals surface area contributed by atoms with Crippen LogP contribution in [0.4, 0.5) is 0 Å². The highest BCUT2D eigenvalue weighted by Gasteiger charge is 2.08. The van der Waals surface area contributed by atoms with Crippen LogP contribution < -0.4 is 14.8 Å². The Morgan fingerprint density at radius 1 is 1.15 bits per heavy atom. The van der Waals surface area contributed by atoms with E-state index in [0.717, 1.165) is 12.2 Å². The summed E-state index contributed by atoms with van der Waals surface area (Å²) in [5.41, 5.74) is 0.765. The number of ether oxygens (including phenoxy) is 2. The summed E-state index contributed by atoms with van der Waals surface area (Å²) in [4.78, 5) is 4.41. The van der Waals surface area contributed by atoms with Gasteiger partial charge in [-0.25, -0.2) is 4.98 Å². The highest BCUT2D eigenvalue weighted by Crippen LogP contribution is 2.30. The van der Waals surface area contributed by atoms with Crippen molar-refractivity contribution in [3.63, 3.8) is 0 Å². The number of rotatable bonds is 6. The molecular weight excluding hydrogens is 276 g/mol. The fourth-order valence-electron chi connectivity index (χ4n) is 1.70. The zero-order chi connectivity index (χ0) is 14.4. The van der Waals surface area contributed by atoms with E-state index in [9.17, 15) is 0 Å². The largest absolute Gasteiger partial charge is 0.493 e. The quantitative estimate of drug-likeness (QED) is 0.882. The van der Waals surface area contributed by atoms with Gasteiger partial charge >= 0.3 is 0 Å². The number of hydrogen-bond acceptors (Lipinski definition) is 4. The maximum Gasteiger partial charge on any atom is 0.219 e. The number of methoxy groups -OCH3 is 1. The number of para-hydroxylation sites is 2. The molecule has 4 nitrogen and oxygen atoms in total. The normalized spacial score (nSPS) is 10.3. The Hall–Kier alpha value is -1.78. The molecule has 0 bridgehead atoms. The number of nitrogens with one attached hydrogen (secondary N) is 1. The van der Waals surface area contributed by atoms with E-state index in [-0.39, 0.29) is 0 Å². The van der Waals surface area contributed by atoms with Crippen molar-refractivity contribution in [3.8, 4) is 17.4 Å². The smallest absolute Gasteiger partial charge is 0.219 e. The van der Waals surface area contributed by atoms with Crippen molar-refractivity contribution in [2.75, 3.05) is 13.7 Å². The third kappa shape index (κ3) is 3.62. The summed E-state index contributed by atoms with van der Waals surface area (Å²) in [7, 11) is 1.61. The standard InChI is InChI=1S/C15H17ClN2O2/c1-3-17-10-12-11(16)8-9-15(18-12)20-14-7-5-4-6-13(14)19-2/h4-9,17H,3,10H2,1-2H3. The molecule has 106 valence electrons. The van der Waals surface area contributed by atoms with Crippen LogP contribution in [-0.4, -0.2) is 18.6 Å². The molecular formula is C15H17ClN2O2. The van der Waals surface area contributed by atoms with Crippen molar-refractivity contribution in [1.29, 1.82) is 0 Å². The molecule has 2 rings (SSSR count). The van der Waals surface area contributed by atoms with Gasteiger partial charge in [0.2, 0.25) is 5.88 Å². The minimum Gasteiger partial charge on any atom is -0.493 e. The molecule has 20 heavy (non-hydrogen) atoms. The molecule has 5 heteroatoms. The molecule has 0 spiro atoms. The highest BCUT2D eigenvalue weighted by molar-refractivity contribution is 6.31. The van der Waals surface area contributed by atoms with Crippen LogP contribution in [0.5, 0.6) is 17.4 Å². The number of nitrogens with zero attached hydrogens (tertiary/aromatic N) is 1. The minimum absolute atomic E-state index is 0.492. The van der Waals surface area contributed by atoms with Gasteiger partial charge in [0.05, 0.1) is 17.8 Å². The summed E-state index contributed by atoms with van der Waals surface area (Å²) in [5, 5.41) is 3.82. The monoisotopic (exact) mass is 292 g/mol. The molecule has 1 heterocycles. The lowest BCUT2D eigenvalue weighted by Crippen LogP contribution is -2.13. The Morgan fingerprint density at radius 3 is 2.60 bits per heavy atom. The maximum absolute atomic E-state index is 6.11. The average molecular weight is 293 g/mol. The third-order valence-electron chi connectivity index (χ3n) is 2.72. The number of benzene rings is 1. The molecule has 0 saturated heterocycles. The van der Waals surface area contributed by atoms with Gasteiger partial charge in [-0.2, -0.15) is 0 Å². The number of hydrogen-bond donors (Lipinski definition) is 1. The first-order chi connectivity index (χ1) is 9.74. The number of pyridine rings is 1. The molecule has 0 fully saturated rings. The topological polar surface area (TPSA) is 43.4 Å². The lowest BCUT2D eigenvalue weighted by atomic mass is 10.3. The first kappa shape index (κ1) is 14.6. The van der Waals surface area contributed by atoms with Gasteiger partial charge in [-0.3, -0.25) is 0 Å². The lowest BCUT2D eigenvalue weighted by Gasteiger charge is -2.11. The van der Waals surface area contributed by atoms with Crippen LogP contribution >= 0.6 is 11.6 Å². The van der Waals surface area contributed by atoms with E-state index in [1.165, 1.54) is 0 Å². The molecule has 0 unspecified atom stereocenters. The van der Waals surface area contributed by atoms with Gasteiger partial charge in [-0.15, -0.1) is 0 Å². The molecule has 1 N–H and O–H groups in total. The van der Waals surface area contributed by atoms with E-state index in [0.29, 0.717) is 28.9 Å². The predicted molar refractivity (Wildman–Crippen MR) is 79.7 cm³/mol. The summed E-state index contributed by atoms with van der Waals surface area (Å²) in [5.74, 6) is 1.78. The molecule has 1 aromatic heterocycles. The summed E-state index contributed by atoms with van der Waals surface area (Å²) >= 11 is 6.11. The van der Waals surface area contributed by atoms with Crippen molar-refractivity contribution < 1.29 is 9.47 Å². The number of aromatic nitrogens is 1. The Labute approximate surface area is 123 Å². The molecule has 0 radical (unpaired) electrons. The predicted octanol–water partition coefficient (Wildman–Crippen LogP) is 3.65. The van der Waals surface area contributed by atoms with Crippen LogP contribution in [-0.2, 0) is 6.54 Å². The second-order valence-electron chi connectivity index (χ2n) is 4.11. The van der Waals surface area contributed by atoms with Crippen LogP contribution in [0.1, 0.15) is 12.6 Å². The molecule has 0 saturated carbocycles. The fraction of sp³-hybridized carbons (Fsp3) is 0.267. The van der Waals surface area contributed by atoms with Crippen molar-refractivity contribution in [2.45, 2.75) is 13.5 Å². The van der Waals surface area contributed by atoms with Crippen LogP contribution in [0.25, 0.3) is 0 Å². The van der Waals surface area contributed by atoms with Gasteiger partial charge in [0.25, 0.3) is 0 Å². The third-order valence-corrected chi connectivity index (χ3v) is 3.06. The van der Waals surface area contributed by atoms with Crippen molar-refractivity contribution >= 4 is 11.6 Å². The molecule has 1 aromatic carbocycles. The van der Waals surface area contributed by atoms with Gasteiger partial charge in [0, 0.05) is 12.6 Å². The van der Waals surface area contributed by atoms with Crippen LogP contribution in [0.3, 0.4) is 0 Å². The summed E-state index contributed by atoms with van der Waals surface area (Å²) in [6.07, 6.45) is 0. The Kier molecular flexibility index (Phi) is 5.21.